The smallest absolute Gasteiger partial charge is 0.108 e. The predicted molar refractivity (Wildman–Crippen MR) is 78.0 cm³/mol. The van der Waals surface area contributed by atoms with Crippen LogP contribution < -0.4 is 0 Å². The Kier molecular flexibility index (Phi) is 3.21. The van der Waals surface area contributed by atoms with Crippen LogP contribution in [0.2, 0.25) is 0 Å². The van der Waals surface area contributed by atoms with Gasteiger partial charge in [-0.2, -0.15) is 0 Å². The fraction of sp³-hybridized carbons (Fsp3) is 0.125. The van der Waals surface area contributed by atoms with Gasteiger partial charge in [-0.15, -0.1) is 0 Å². The quantitative estimate of drug-likeness (QED) is 0.711. The largest absolute Gasteiger partial charge is 0.260 e. The predicted octanol–water partition coefficient (Wildman–Crippen LogP) is 3.22. The number of hydrogen-bond acceptors (Lipinski definition) is 4. The molecule has 0 spiro atoms. The van der Waals surface area contributed by atoms with E-state index in [1.807, 2.05) is 50.2 Å². The minimum absolute atomic E-state index is 0.759. The lowest BCUT2D eigenvalue weighted by atomic mass is 10.2. The number of hydrogen-bond donors (Lipinski definition) is 0. The van der Waals surface area contributed by atoms with Crippen molar-refractivity contribution in [3.8, 4) is 22.8 Å². The highest BCUT2D eigenvalue weighted by Crippen LogP contribution is 2.19. The van der Waals surface area contributed by atoms with Crippen LogP contribution in [0.15, 0.2) is 48.8 Å². The fourth-order valence-electron chi connectivity index (χ4n) is 1.98. The lowest BCUT2D eigenvalue weighted by Gasteiger charge is -2.04. The first-order valence-corrected chi connectivity index (χ1v) is 6.42. The van der Waals surface area contributed by atoms with Gasteiger partial charge in [-0.25, -0.2) is 4.98 Å². The van der Waals surface area contributed by atoms with Crippen molar-refractivity contribution in [3.05, 3.63) is 60.2 Å². The molecule has 3 aromatic heterocycles. The standard InChI is InChI=1S/C16H14N4/c1-11-5-3-7-13(18-11)15-9-17-10-16(20-15)14-8-4-6-12(2)19-14/h3-10H,1-2H3. The molecule has 3 heterocycles. The summed E-state index contributed by atoms with van der Waals surface area (Å²) in [4.78, 5) is 17.8. The molecule has 0 atom stereocenters. The maximum absolute atomic E-state index is 4.61. The number of rotatable bonds is 2. The van der Waals surface area contributed by atoms with Crippen LogP contribution in [0, 0.1) is 13.8 Å². The minimum atomic E-state index is 0.759. The van der Waals surface area contributed by atoms with Gasteiger partial charge in [0.15, 0.2) is 0 Å². The van der Waals surface area contributed by atoms with Gasteiger partial charge in [0.2, 0.25) is 0 Å². The van der Waals surface area contributed by atoms with E-state index in [-0.39, 0.29) is 0 Å². The lowest BCUT2D eigenvalue weighted by Crippen LogP contribution is -1.95. The zero-order valence-electron chi connectivity index (χ0n) is 11.4. The molecule has 98 valence electrons. The van der Waals surface area contributed by atoms with Crippen molar-refractivity contribution in [2.75, 3.05) is 0 Å². The van der Waals surface area contributed by atoms with Crippen LogP contribution in [0.25, 0.3) is 22.8 Å². The molecule has 0 bridgehead atoms. The van der Waals surface area contributed by atoms with Gasteiger partial charge in [0, 0.05) is 11.4 Å². The van der Waals surface area contributed by atoms with Crippen molar-refractivity contribution < 1.29 is 0 Å². The molecule has 0 aromatic carbocycles. The van der Waals surface area contributed by atoms with Crippen molar-refractivity contribution in [1.82, 2.24) is 19.9 Å². The summed E-state index contributed by atoms with van der Waals surface area (Å²) in [7, 11) is 0. The van der Waals surface area contributed by atoms with Crippen molar-refractivity contribution in [1.29, 1.82) is 0 Å². The van der Waals surface area contributed by atoms with Crippen molar-refractivity contribution >= 4 is 0 Å². The highest BCUT2D eigenvalue weighted by atomic mass is 14.9. The fourth-order valence-corrected chi connectivity index (χ4v) is 1.98. The molecular formula is C16H14N4. The first-order chi connectivity index (χ1) is 9.72. The van der Waals surface area contributed by atoms with Crippen LogP contribution in [-0.2, 0) is 0 Å². The van der Waals surface area contributed by atoms with E-state index in [2.05, 4.69) is 19.9 Å². The molecule has 0 amide bonds. The van der Waals surface area contributed by atoms with Gasteiger partial charge in [0.05, 0.1) is 23.8 Å². The summed E-state index contributed by atoms with van der Waals surface area (Å²) in [6.45, 7) is 3.92. The Morgan fingerprint density at radius 2 is 1.10 bits per heavy atom. The third kappa shape index (κ3) is 2.54. The second-order valence-corrected chi connectivity index (χ2v) is 4.62. The second kappa shape index (κ2) is 5.17. The van der Waals surface area contributed by atoms with E-state index in [9.17, 15) is 0 Å². The Hall–Kier alpha value is -2.62. The SMILES string of the molecule is Cc1cccc(-c2cncc(-c3cccc(C)n3)n2)n1. The van der Waals surface area contributed by atoms with E-state index < -0.39 is 0 Å². The Bertz CT molecular complexity index is 692. The number of nitrogens with zero attached hydrogens (tertiary/aromatic N) is 4. The van der Waals surface area contributed by atoms with Crippen molar-refractivity contribution in [2.24, 2.45) is 0 Å². The zero-order chi connectivity index (χ0) is 13.9. The van der Waals surface area contributed by atoms with Gasteiger partial charge >= 0.3 is 0 Å². The summed E-state index contributed by atoms with van der Waals surface area (Å²) in [5, 5.41) is 0. The van der Waals surface area contributed by atoms with Gasteiger partial charge in [0.1, 0.15) is 11.4 Å². The normalized spacial score (nSPS) is 10.5. The molecule has 0 N–H and O–H groups in total. The molecule has 0 radical (unpaired) electrons. The van der Waals surface area contributed by atoms with Gasteiger partial charge < -0.3 is 0 Å². The summed E-state index contributed by atoms with van der Waals surface area (Å²) in [6.07, 6.45) is 3.45. The first-order valence-electron chi connectivity index (χ1n) is 6.42. The summed E-state index contributed by atoms with van der Waals surface area (Å²) in [5.41, 5.74) is 5.09. The third-order valence-corrected chi connectivity index (χ3v) is 2.94. The molecule has 0 unspecified atom stereocenters. The summed E-state index contributed by atoms with van der Waals surface area (Å²) in [6, 6.07) is 11.7. The molecule has 20 heavy (non-hydrogen) atoms. The Morgan fingerprint density at radius 3 is 1.55 bits per heavy atom. The van der Waals surface area contributed by atoms with Crippen LogP contribution in [0.3, 0.4) is 0 Å². The minimum Gasteiger partial charge on any atom is -0.260 e. The highest BCUT2D eigenvalue weighted by Gasteiger charge is 2.06. The maximum Gasteiger partial charge on any atom is 0.108 e. The summed E-state index contributed by atoms with van der Waals surface area (Å²) >= 11 is 0. The van der Waals surface area contributed by atoms with E-state index in [0.29, 0.717) is 0 Å². The van der Waals surface area contributed by atoms with Crippen LogP contribution in [0.4, 0.5) is 0 Å². The van der Waals surface area contributed by atoms with Crippen LogP contribution in [-0.4, -0.2) is 19.9 Å². The molecule has 0 aliphatic heterocycles. The molecular weight excluding hydrogens is 248 g/mol. The molecule has 0 fully saturated rings. The lowest BCUT2D eigenvalue weighted by molar-refractivity contribution is 1.12. The Labute approximate surface area is 117 Å². The van der Waals surface area contributed by atoms with Crippen molar-refractivity contribution in [2.45, 2.75) is 13.8 Å². The molecule has 4 nitrogen and oxygen atoms in total. The van der Waals surface area contributed by atoms with E-state index in [0.717, 1.165) is 34.2 Å². The van der Waals surface area contributed by atoms with E-state index in [1.54, 1.807) is 12.4 Å². The number of pyridine rings is 2. The number of aromatic nitrogens is 4. The average Bonchev–Trinajstić information content (AvgIpc) is 2.47. The third-order valence-electron chi connectivity index (χ3n) is 2.94. The van der Waals surface area contributed by atoms with Gasteiger partial charge in [-0.05, 0) is 38.1 Å². The maximum atomic E-state index is 4.61. The van der Waals surface area contributed by atoms with Gasteiger partial charge in [0.25, 0.3) is 0 Å². The van der Waals surface area contributed by atoms with E-state index in [1.165, 1.54) is 0 Å². The molecule has 3 rings (SSSR count). The Morgan fingerprint density at radius 1 is 0.600 bits per heavy atom. The first kappa shape index (κ1) is 12.4. The van der Waals surface area contributed by atoms with E-state index >= 15 is 0 Å². The molecule has 0 saturated carbocycles. The van der Waals surface area contributed by atoms with Gasteiger partial charge in [-0.1, -0.05) is 12.1 Å². The van der Waals surface area contributed by atoms with Crippen LogP contribution in [0.1, 0.15) is 11.4 Å². The van der Waals surface area contributed by atoms with Crippen molar-refractivity contribution in [3.63, 3.8) is 0 Å². The molecule has 3 aromatic rings. The molecule has 0 aliphatic rings. The summed E-state index contributed by atoms with van der Waals surface area (Å²) < 4.78 is 0. The Balaban J connectivity index is 2.06. The molecule has 4 heteroatoms. The molecule has 0 aliphatic carbocycles. The second-order valence-electron chi connectivity index (χ2n) is 4.62. The van der Waals surface area contributed by atoms with Crippen LogP contribution >= 0.6 is 0 Å². The highest BCUT2D eigenvalue weighted by molar-refractivity contribution is 5.60. The molecule has 0 saturated heterocycles. The van der Waals surface area contributed by atoms with Crippen LogP contribution in [0.5, 0.6) is 0 Å². The van der Waals surface area contributed by atoms with Gasteiger partial charge in [-0.3, -0.25) is 15.0 Å². The summed E-state index contributed by atoms with van der Waals surface area (Å²) in [5.74, 6) is 0. The zero-order valence-corrected chi connectivity index (χ0v) is 11.4. The monoisotopic (exact) mass is 262 g/mol. The topological polar surface area (TPSA) is 51.6 Å². The average molecular weight is 262 g/mol. The number of aryl methyl sites for hydroxylation is 2. The van der Waals surface area contributed by atoms with E-state index in [4.69, 9.17) is 0 Å².